The number of amides is 1. The number of aromatic nitrogens is 4. The van der Waals surface area contributed by atoms with Crippen LogP contribution in [0.4, 0.5) is 4.79 Å². The molecule has 0 atom stereocenters. The van der Waals surface area contributed by atoms with Crippen molar-refractivity contribution in [1.82, 2.24) is 30.0 Å². The number of benzene rings is 1. The van der Waals surface area contributed by atoms with Gasteiger partial charge in [0.15, 0.2) is 5.82 Å². The summed E-state index contributed by atoms with van der Waals surface area (Å²) in [5, 5.41) is 21.5. The van der Waals surface area contributed by atoms with Gasteiger partial charge in [0.2, 0.25) is 0 Å². The first-order valence-electron chi connectivity index (χ1n) is 8.13. The molecule has 9 heteroatoms. The summed E-state index contributed by atoms with van der Waals surface area (Å²) in [7, 11) is 0. The second kappa shape index (κ2) is 7.72. The fraction of sp³-hybridized carbons (Fsp3) is 0.438. The molecular weight excluding hydrogens is 322 g/mol. The summed E-state index contributed by atoms with van der Waals surface area (Å²) in [6.45, 7) is 5.46. The van der Waals surface area contributed by atoms with Gasteiger partial charge in [0.1, 0.15) is 0 Å². The highest BCUT2D eigenvalue weighted by Gasteiger charge is 2.22. The first-order chi connectivity index (χ1) is 12.2. The van der Waals surface area contributed by atoms with E-state index in [4.69, 9.17) is 10.00 Å². The first kappa shape index (κ1) is 16.9. The summed E-state index contributed by atoms with van der Waals surface area (Å²) < 4.78 is 5.01. The summed E-state index contributed by atoms with van der Waals surface area (Å²) in [5.74, 6) is 0.604. The molecule has 1 aliphatic rings. The lowest BCUT2D eigenvalue weighted by atomic mass is 10.2. The van der Waals surface area contributed by atoms with Gasteiger partial charge in [-0.05, 0) is 30.3 Å². The first-order valence-corrected chi connectivity index (χ1v) is 8.13. The van der Waals surface area contributed by atoms with E-state index in [0.29, 0.717) is 43.3 Å². The van der Waals surface area contributed by atoms with Crippen molar-refractivity contribution in [3.8, 4) is 11.8 Å². The van der Waals surface area contributed by atoms with Gasteiger partial charge in [0.05, 0.1) is 30.5 Å². The van der Waals surface area contributed by atoms with Gasteiger partial charge in [-0.1, -0.05) is 6.07 Å². The maximum absolute atomic E-state index is 11.7. The zero-order valence-electron chi connectivity index (χ0n) is 14.0. The predicted molar refractivity (Wildman–Crippen MR) is 87.7 cm³/mol. The Morgan fingerprint density at radius 1 is 1.32 bits per heavy atom. The Hall–Kier alpha value is -2.99. The van der Waals surface area contributed by atoms with Crippen molar-refractivity contribution < 1.29 is 9.53 Å². The van der Waals surface area contributed by atoms with Crippen molar-refractivity contribution in [2.24, 2.45) is 0 Å². The van der Waals surface area contributed by atoms with Crippen LogP contribution in [0.2, 0.25) is 0 Å². The van der Waals surface area contributed by atoms with Crippen molar-refractivity contribution in [3.05, 3.63) is 35.7 Å². The van der Waals surface area contributed by atoms with E-state index < -0.39 is 0 Å². The Bertz CT molecular complexity index is 775. The van der Waals surface area contributed by atoms with Crippen LogP contribution in [-0.4, -0.2) is 68.9 Å². The average Bonchev–Trinajstić information content (AvgIpc) is 3.11. The molecule has 0 bridgehead atoms. The van der Waals surface area contributed by atoms with E-state index in [9.17, 15) is 4.79 Å². The number of ether oxygens (including phenoxy) is 1. The Kier molecular flexibility index (Phi) is 5.20. The standard InChI is InChI=1S/C16H19N7O2/c1-2-25-16(24)22-8-6-21(7-9-22)12-15-18-20-23(19-15)14-5-3-4-13(10-14)11-17/h3-5,10H,2,6-9,12H2,1H3. The van der Waals surface area contributed by atoms with Gasteiger partial charge < -0.3 is 9.64 Å². The van der Waals surface area contributed by atoms with Crippen LogP contribution in [0, 0.1) is 11.3 Å². The van der Waals surface area contributed by atoms with Gasteiger partial charge in [-0.15, -0.1) is 15.0 Å². The molecule has 9 nitrogen and oxygen atoms in total. The Morgan fingerprint density at radius 2 is 2.12 bits per heavy atom. The van der Waals surface area contributed by atoms with Crippen LogP contribution in [0.15, 0.2) is 24.3 Å². The molecule has 1 amide bonds. The van der Waals surface area contributed by atoms with E-state index in [1.807, 2.05) is 6.07 Å². The predicted octanol–water partition coefficient (Wildman–Crippen LogP) is 0.808. The van der Waals surface area contributed by atoms with Gasteiger partial charge in [-0.3, -0.25) is 4.90 Å². The fourth-order valence-corrected chi connectivity index (χ4v) is 2.62. The minimum atomic E-state index is -0.261. The van der Waals surface area contributed by atoms with Crippen LogP contribution in [-0.2, 0) is 11.3 Å². The number of nitrogens with zero attached hydrogens (tertiary/aromatic N) is 7. The van der Waals surface area contributed by atoms with Gasteiger partial charge in [-0.25, -0.2) is 4.79 Å². The van der Waals surface area contributed by atoms with E-state index in [1.54, 1.807) is 30.0 Å². The highest BCUT2D eigenvalue weighted by Crippen LogP contribution is 2.09. The molecule has 1 fully saturated rings. The van der Waals surface area contributed by atoms with E-state index >= 15 is 0 Å². The van der Waals surface area contributed by atoms with Gasteiger partial charge in [0.25, 0.3) is 0 Å². The van der Waals surface area contributed by atoms with Crippen LogP contribution in [0.25, 0.3) is 5.69 Å². The lowest BCUT2D eigenvalue weighted by molar-refractivity contribution is 0.0771. The highest BCUT2D eigenvalue weighted by molar-refractivity contribution is 5.67. The third kappa shape index (κ3) is 4.10. The Labute approximate surface area is 145 Å². The van der Waals surface area contributed by atoms with Gasteiger partial charge in [0, 0.05) is 26.2 Å². The molecule has 0 N–H and O–H groups in total. The normalized spacial score (nSPS) is 15.0. The zero-order chi connectivity index (χ0) is 17.6. The van der Waals surface area contributed by atoms with Crippen molar-refractivity contribution in [3.63, 3.8) is 0 Å². The highest BCUT2D eigenvalue weighted by atomic mass is 16.6. The molecule has 0 aliphatic carbocycles. The second-order valence-corrected chi connectivity index (χ2v) is 5.62. The van der Waals surface area contributed by atoms with Crippen LogP contribution in [0.1, 0.15) is 18.3 Å². The van der Waals surface area contributed by atoms with E-state index in [-0.39, 0.29) is 6.09 Å². The third-order valence-corrected chi connectivity index (χ3v) is 3.92. The average molecular weight is 341 g/mol. The van der Waals surface area contributed by atoms with E-state index in [2.05, 4.69) is 26.4 Å². The third-order valence-electron chi connectivity index (χ3n) is 3.92. The molecule has 2 heterocycles. The number of hydrogen-bond donors (Lipinski definition) is 0. The molecule has 0 spiro atoms. The smallest absolute Gasteiger partial charge is 0.409 e. The number of nitriles is 1. The largest absolute Gasteiger partial charge is 0.450 e. The summed E-state index contributed by atoms with van der Waals surface area (Å²) in [5.41, 5.74) is 1.25. The number of piperazine rings is 1. The number of tetrazole rings is 1. The van der Waals surface area contributed by atoms with Gasteiger partial charge in [-0.2, -0.15) is 5.26 Å². The monoisotopic (exact) mass is 341 g/mol. The van der Waals surface area contributed by atoms with Crippen LogP contribution >= 0.6 is 0 Å². The lowest BCUT2D eigenvalue weighted by Crippen LogP contribution is -2.48. The SMILES string of the molecule is CCOC(=O)N1CCN(Cc2nnn(-c3cccc(C#N)c3)n2)CC1. The van der Waals surface area contributed by atoms with Crippen molar-refractivity contribution in [2.45, 2.75) is 13.5 Å². The number of carbonyl (C=O) groups is 1. The molecule has 25 heavy (non-hydrogen) atoms. The molecule has 0 unspecified atom stereocenters. The second-order valence-electron chi connectivity index (χ2n) is 5.62. The molecule has 1 aromatic heterocycles. The number of carbonyl (C=O) groups excluding carboxylic acids is 1. The molecule has 1 aliphatic heterocycles. The van der Waals surface area contributed by atoms with Crippen LogP contribution < -0.4 is 0 Å². The maximum Gasteiger partial charge on any atom is 0.409 e. The molecule has 2 aromatic rings. The zero-order valence-corrected chi connectivity index (χ0v) is 14.0. The van der Waals surface area contributed by atoms with E-state index in [1.165, 1.54) is 4.80 Å². The topological polar surface area (TPSA) is 100 Å². The molecule has 3 rings (SSSR count). The minimum Gasteiger partial charge on any atom is -0.450 e. The Balaban J connectivity index is 1.57. The summed E-state index contributed by atoms with van der Waals surface area (Å²) in [6, 6.07) is 9.14. The van der Waals surface area contributed by atoms with Crippen molar-refractivity contribution in [1.29, 1.82) is 5.26 Å². The Morgan fingerprint density at radius 3 is 2.84 bits per heavy atom. The molecule has 130 valence electrons. The quantitative estimate of drug-likeness (QED) is 0.811. The van der Waals surface area contributed by atoms with Crippen LogP contribution in [0.5, 0.6) is 0 Å². The number of hydrogen-bond acceptors (Lipinski definition) is 7. The van der Waals surface area contributed by atoms with E-state index in [0.717, 1.165) is 13.1 Å². The molecule has 1 aromatic carbocycles. The van der Waals surface area contributed by atoms with Crippen LogP contribution in [0.3, 0.4) is 0 Å². The molecule has 0 saturated carbocycles. The molecule has 1 saturated heterocycles. The van der Waals surface area contributed by atoms with Crippen molar-refractivity contribution in [2.75, 3.05) is 32.8 Å². The number of rotatable bonds is 4. The van der Waals surface area contributed by atoms with Crippen molar-refractivity contribution >= 4 is 6.09 Å². The summed E-state index contributed by atoms with van der Waals surface area (Å²) >= 11 is 0. The maximum atomic E-state index is 11.7. The molecule has 0 radical (unpaired) electrons. The van der Waals surface area contributed by atoms with Gasteiger partial charge >= 0.3 is 6.09 Å². The minimum absolute atomic E-state index is 0.261. The lowest BCUT2D eigenvalue weighted by Gasteiger charge is -2.33. The molecular formula is C16H19N7O2. The summed E-state index contributed by atoms with van der Waals surface area (Å²) in [4.78, 5) is 17.0. The fourth-order valence-electron chi connectivity index (χ4n) is 2.62. The summed E-state index contributed by atoms with van der Waals surface area (Å²) in [6.07, 6.45) is -0.261.